The average Bonchev–Trinajstić information content (AvgIpc) is 2.40. The van der Waals surface area contributed by atoms with Crippen molar-refractivity contribution >= 4 is 5.69 Å². The van der Waals surface area contributed by atoms with Crippen LogP contribution in [-0.4, -0.2) is 38.2 Å². The normalized spacial score (nSPS) is 12.6. The Balaban J connectivity index is 2.43. The maximum Gasteiger partial charge on any atom is 0.269 e. The van der Waals surface area contributed by atoms with Crippen molar-refractivity contribution in [1.82, 2.24) is 0 Å². The lowest BCUT2D eigenvalue weighted by atomic mass is 10.2. The smallest absolute Gasteiger partial charge is 0.269 e. The summed E-state index contributed by atoms with van der Waals surface area (Å²) in [6, 6.07) is 6.87. The molecule has 0 amide bonds. The summed E-state index contributed by atoms with van der Waals surface area (Å²) < 4.78 is 0. The molecule has 1 atom stereocenters. The van der Waals surface area contributed by atoms with E-state index in [0.717, 1.165) is 18.7 Å². The number of quaternary nitrogens is 2. The summed E-state index contributed by atoms with van der Waals surface area (Å²) in [7, 11) is 2.17. The van der Waals surface area contributed by atoms with E-state index in [1.807, 2.05) is 12.1 Å². The van der Waals surface area contributed by atoms with Crippen molar-refractivity contribution in [3.05, 3.63) is 39.9 Å². The van der Waals surface area contributed by atoms with Gasteiger partial charge in [0.15, 0.2) is 0 Å². The highest BCUT2D eigenvalue weighted by atomic mass is 16.6. The van der Waals surface area contributed by atoms with Crippen LogP contribution < -0.4 is 9.80 Å². The van der Waals surface area contributed by atoms with Gasteiger partial charge < -0.3 is 9.80 Å². The van der Waals surface area contributed by atoms with Crippen LogP contribution in [0.25, 0.3) is 0 Å². The number of nitro groups is 1. The number of hydrogen-bond donors (Lipinski definition) is 2. The van der Waals surface area contributed by atoms with Gasteiger partial charge in [0.2, 0.25) is 0 Å². The Morgan fingerprint density at radius 2 is 1.68 bits per heavy atom. The summed E-state index contributed by atoms with van der Waals surface area (Å²) in [5.41, 5.74) is 1.31. The van der Waals surface area contributed by atoms with Crippen molar-refractivity contribution in [1.29, 1.82) is 0 Å². The minimum absolute atomic E-state index is 0.161. The van der Waals surface area contributed by atoms with Crippen LogP contribution in [0.1, 0.15) is 19.4 Å². The van der Waals surface area contributed by atoms with Crippen LogP contribution in [0.15, 0.2) is 24.3 Å². The van der Waals surface area contributed by atoms with Gasteiger partial charge in [-0.25, -0.2) is 0 Å². The predicted octanol–water partition coefficient (Wildman–Crippen LogP) is -0.466. The molecule has 0 heterocycles. The Hall–Kier alpha value is -1.46. The van der Waals surface area contributed by atoms with Gasteiger partial charge in [-0.05, 0) is 26.0 Å². The largest absolute Gasteiger partial charge is 0.331 e. The summed E-state index contributed by atoms with van der Waals surface area (Å²) in [5.74, 6) is 0. The molecule has 0 saturated carbocycles. The Morgan fingerprint density at radius 1 is 1.11 bits per heavy atom. The standard InChI is InChI=1S/C14H23N3O2/c1-4-16(5-2)11-10-15(3)12-13-6-8-14(9-7-13)17(18)19/h6-9H,4-5,10-12H2,1-3H3/p+2. The first-order valence-corrected chi connectivity index (χ1v) is 6.95. The summed E-state index contributed by atoms with van der Waals surface area (Å²) >= 11 is 0. The van der Waals surface area contributed by atoms with Gasteiger partial charge in [0, 0.05) is 17.7 Å². The van der Waals surface area contributed by atoms with Crippen LogP contribution in [0.3, 0.4) is 0 Å². The van der Waals surface area contributed by atoms with Crippen molar-refractivity contribution in [3.63, 3.8) is 0 Å². The molecule has 0 spiro atoms. The maximum atomic E-state index is 10.6. The second-order valence-corrected chi connectivity index (χ2v) is 5.01. The van der Waals surface area contributed by atoms with Crippen LogP contribution >= 0.6 is 0 Å². The fourth-order valence-corrected chi connectivity index (χ4v) is 2.17. The predicted molar refractivity (Wildman–Crippen MR) is 75.5 cm³/mol. The first-order valence-electron chi connectivity index (χ1n) is 6.95. The minimum atomic E-state index is -0.357. The highest BCUT2D eigenvalue weighted by molar-refractivity contribution is 5.32. The lowest BCUT2D eigenvalue weighted by Crippen LogP contribution is -3.18. The maximum absolute atomic E-state index is 10.6. The van der Waals surface area contributed by atoms with Gasteiger partial charge in [-0.3, -0.25) is 10.1 Å². The molecule has 19 heavy (non-hydrogen) atoms. The lowest BCUT2D eigenvalue weighted by Gasteiger charge is -2.19. The van der Waals surface area contributed by atoms with Crippen LogP contribution in [0.5, 0.6) is 0 Å². The van der Waals surface area contributed by atoms with E-state index in [4.69, 9.17) is 0 Å². The average molecular weight is 267 g/mol. The molecule has 0 aliphatic rings. The lowest BCUT2D eigenvalue weighted by molar-refractivity contribution is -0.953. The number of non-ortho nitro benzene ring substituents is 1. The van der Waals surface area contributed by atoms with Gasteiger partial charge in [-0.2, -0.15) is 0 Å². The molecule has 5 nitrogen and oxygen atoms in total. The summed E-state index contributed by atoms with van der Waals surface area (Å²) in [6.07, 6.45) is 0. The monoisotopic (exact) mass is 267 g/mol. The van der Waals surface area contributed by atoms with E-state index in [-0.39, 0.29) is 10.6 Å². The van der Waals surface area contributed by atoms with Gasteiger partial charge >= 0.3 is 0 Å². The second-order valence-electron chi connectivity index (χ2n) is 5.01. The third-order valence-corrected chi connectivity index (χ3v) is 3.56. The van der Waals surface area contributed by atoms with E-state index in [2.05, 4.69) is 20.9 Å². The summed E-state index contributed by atoms with van der Waals surface area (Å²) in [4.78, 5) is 13.3. The number of nitrogens with one attached hydrogen (secondary N) is 2. The van der Waals surface area contributed by atoms with Crippen molar-refractivity contribution in [2.24, 2.45) is 0 Å². The molecule has 1 unspecified atom stereocenters. The number of hydrogen-bond acceptors (Lipinski definition) is 2. The Labute approximate surface area is 115 Å². The van der Waals surface area contributed by atoms with Crippen molar-refractivity contribution < 1.29 is 14.7 Å². The number of nitro benzene ring substituents is 1. The molecule has 0 aliphatic heterocycles. The van der Waals surface area contributed by atoms with E-state index in [1.54, 1.807) is 17.0 Å². The molecule has 1 aromatic carbocycles. The Bertz CT molecular complexity index is 388. The number of nitrogens with zero attached hydrogens (tertiary/aromatic N) is 1. The fraction of sp³-hybridized carbons (Fsp3) is 0.571. The van der Waals surface area contributed by atoms with Gasteiger partial charge in [0.05, 0.1) is 25.1 Å². The third-order valence-electron chi connectivity index (χ3n) is 3.56. The Morgan fingerprint density at radius 3 is 2.16 bits per heavy atom. The van der Waals surface area contributed by atoms with E-state index >= 15 is 0 Å². The van der Waals surface area contributed by atoms with Gasteiger partial charge in [0.1, 0.15) is 19.6 Å². The fourth-order valence-electron chi connectivity index (χ4n) is 2.17. The Kier molecular flexibility index (Phi) is 6.45. The number of rotatable bonds is 8. The topological polar surface area (TPSA) is 52.0 Å². The molecule has 5 heteroatoms. The molecule has 0 fully saturated rings. The molecule has 1 rings (SSSR count). The van der Waals surface area contributed by atoms with E-state index < -0.39 is 0 Å². The zero-order valence-corrected chi connectivity index (χ0v) is 12.1. The molecular formula is C14H25N3O2+2. The van der Waals surface area contributed by atoms with Gasteiger partial charge in [0.25, 0.3) is 5.69 Å². The molecule has 0 aromatic heterocycles. The SMILES string of the molecule is CC[NH+](CC)CC[NH+](C)Cc1ccc([N+](=O)[O-])cc1. The van der Waals surface area contributed by atoms with Crippen molar-refractivity contribution in [2.75, 3.05) is 33.2 Å². The summed E-state index contributed by atoms with van der Waals surface area (Å²) in [5, 5.41) is 10.6. The van der Waals surface area contributed by atoms with Crippen LogP contribution in [-0.2, 0) is 6.54 Å². The van der Waals surface area contributed by atoms with Gasteiger partial charge in [-0.15, -0.1) is 0 Å². The van der Waals surface area contributed by atoms with Crippen LogP contribution in [0.2, 0.25) is 0 Å². The number of benzene rings is 1. The highest BCUT2D eigenvalue weighted by Gasteiger charge is 2.10. The molecule has 2 N–H and O–H groups in total. The first-order chi connectivity index (χ1) is 9.06. The van der Waals surface area contributed by atoms with Crippen molar-refractivity contribution in [2.45, 2.75) is 20.4 Å². The minimum Gasteiger partial charge on any atom is -0.331 e. The summed E-state index contributed by atoms with van der Waals surface area (Å²) in [6.45, 7) is 9.97. The first kappa shape index (κ1) is 15.6. The molecule has 1 aromatic rings. The molecule has 0 aliphatic carbocycles. The van der Waals surface area contributed by atoms with Gasteiger partial charge in [-0.1, -0.05) is 0 Å². The molecule has 0 bridgehead atoms. The van der Waals surface area contributed by atoms with E-state index in [9.17, 15) is 10.1 Å². The molecule has 106 valence electrons. The van der Waals surface area contributed by atoms with Crippen molar-refractivity contribution in [3.8, 4) is 0 Å². The second kappa shape index (κ2) is 7.86. The van der Waals surface area contributed by atoms with E-state index in [1.165, 1.54) is 24.5 Å². The molecule has 0 saturated heterocycles. The third kappa shape index (κ3) is 5.36. The van der Waals surface area contributed by atoms with E-state index in [0.29, 0.717) is 0 Å². The molecule has 0 radical (unpaired) electrons. The zero-order valence-electron chi connectivity index (χ0n) is 12.1. The molecular weight excluding hydrogens is 242 g/mol. The van der Waals surface area contributed by atoms with Crippen LogP contribution in [0, 0.1) is 10.1 Å². The van der Waals surface area contributed by atoms with Crippen LogP contribution in [0.4, 0.5) is 5.69 Å². The quantitative estimate of drug-likeness (QED) is 0.494. The zero-order chi connectivity index (χ0) is 14.3. The highest BCUT2D eigenvalue weighted by Crippen LogP contribution is 2.10. The number of likely N-dealkylation sites (N-methyl/N-ethyl adjacent to an activating group) is 2.